The number of piperazine rings is 1. The van der Waals surface area contributed by atoms with Crippen LogP contribution in [-0.4, -0.2) is 58.1 Å². The maximum atomic E-state index is 13.7. The molecule has 10 heteroatoms. The molecule has 0 N–H and O–H groups in total. The number of ketones is 1. The molecule has 0 bridgehead atoms. The molecule has 1 saturated heterocycles. The van der Waals surface area contributed by atoms with E-state index < -0.39 is 11.4 Å². The Hall–Kier alpha value is -2.84. The first kappa shape index (κ1) is 25.3. The van der Waals surface area contributed by atoms with Gasteiger partial charge in [-0.3, -0.25) is 4.79 Å². The number of nitrogens with zero attached hydrogens (tertiary/aromatic N) is 4. The number of aromatic nitrogens is 2. The van der Waals surface area contributed by atoms with Crippen molar-refractivity contribution >= 4 is 52.1 Å². The van der Waals surface area contributed by atoms with E-state index in [1.807, 2.05) is 25.3 Å². The summed E-state index contributed by atoms with van der Waals surface area (Å²) in [5.74, 6) is -0.00590. The lowest BCUT2D eigenvalue weighted by Crippen LogP contribution is -2.50. The molecule has 0 radical (unpaired) electrons. The molecule has 2 aromatic carbocycles. The van der Waals surface area contributed by atoms with Crippen LogP contribution in [0.15, 0.2) is 30.3 Å². The van der Waals surface area contributed by atoms with E-state index >= 15 is 0 Å². The fraction of sp³-hybridized carbons (Fsp3) is 0.400. The number of imidazole rings is 1. The van der Waals surface area contributed by atoms with E-state index in [9.17, 15) is 14.0 Å². The highest BCUT2D eigenvalue weighted by Crippen LogP contribution is 2.31. The molecule has 7 nitrogen and oxygen atoms in total. The third-order valence-electron chi connectivity index (χ3n) is 5.72. The number of carbonyl (C=O) groups is 2. The fourth-order valence-corrected chi connectivity index (χ4v) is 4.49. The van der Waals surface area contributed by atoms with Crippen LogP contribution in [0.3, 0.4) is 0 Å². The molecule has 0 unspecified atom stereocenters. The van der Waals surface area contributed by atoms with Gasteiger partial charge in [-0.05, 0) is 57.5 Å². The second-order valence-corrected chi connectivity index (χ2v) is 10.4. The number of ether oxygens (including phenoxy) is 1. The molecule has 1 aromatic heterocycles. The highest BCUT2D eigenvalue weighted by molar-refractivity contribution is 6.32. The Morgan fingerprint density at radius 1 is 1.09 bits per heavy atom. The van der Waals surface area contributed by atoms with Crippen molar-refractivity contribution in [3.8, 4) is 0 Å². The molecule has 0 aliphatic carbocycles. The van der Waals surface area contributed by atoms with Gasteiger partial charge in [0.1, 0.15) is 16.9 Å². The summed E-state index contributed by atoms with van der Waals surface area (Å²) in [6.07, 6.45) is -0.350. The number of amides is 1. The Morgan fingerprint density at radius 3 is 2.37 bits per heavy atom. The van der Waals surface area contributed by atoms with Crippen LogP contribution in [0, 0.1) is 5.82 Å². The van der Waals surface area contributed by atoms with Crippen LogP contribution < -0.4 is 4.90 Å². The Balaban J connectivity index is 1.71. The number of Topliss-reactive ketones (excluding diaryl/α,β-unsaturated/α-hetero) is 1. The van der Waals surface area contributed by atoms with Crippen LogP contribution in [0.4, 0.5) is 15.1 Å². The summed E-state index contributed by atoms with van der Waals surface area (Å²) >= 11 is 12.4. The summed E-state index contributed by atoms with van der Waals surface area (Å²) in [4.78, 5) is 33.4. The van der Waals surface area contributed by atoms with Gasteiger partial charge in [-0.1, -0.05) is 29.3 Å². The number of halogens is 3. The third-order valence-corrected chi connectivity index (χ3v) is 6.22. The largest absolute Gasteiger partial charge is 0.444 e. The number of fused-ring (bicyclic) bond motifs is 1. The normalized spacial score (nSPS) is 14.5. The van der Waals surface area contributed by atoms with Crippen LogP contribution in [0.1, 0.15) is 43.6 Å². The zero-order valence-electron chi connectivity index (χ0n) is 20.1. The molecule has 35 heavy (non-hydrogen) atoms. The van der Waals surface area contributed by atoms with Crippen LogP contribution in [0.2, 0.25) is 10.0 Å². The van der Waals surface area contributed by atoms with Crippen molar-refractivity contribution in [1.82, 2.24) is 14.5 Å². The SMILES string of the molecule is CC(=O)c1cc(Cl)cc2c1nc(N1CCN(C(=O)OC(C)(C)C)CC1)n2Cc1ccc(F)c(Cl)c1. The van der Waals surface area contributed by atoms with Gasteiger partial charge in [0.15, 0.2) is 5.78 Å². The lowest BCUT2D eigenvalue weighted by atomic mass is 10.1. The monoisotopic (exact) mass is 520 g/mol. The van der Waals surface area contributed by atoms with Gasteiger partial charge in [0, 0.05) is 36.8 Å². The van der Waals surface area contributed by atoms with Crippen molar-refractivity contribution < 1.29 is 18.7 Å². The summed E-state index contributed by atoms with van der Waals surface area (Å²) < 4.78 is 21.2. The van der Waals surface area contributed by atoms with Crippen molar-refractivity contribution in [2.75, 3.05) is 31.1 Å². The van der Waals surface area contributed by atoms with Gasteiger partial charge in [0.05, 0.1) is 17.1 Å². The Kier molecular flexibility index (Phi) is 6.97. The van der Waals surface area contributed by atoms with E-state index in [0.717, 1.165) is 5.56 Å². The lowest BCUT2D eigenvalue weighted by Gasteiger charge is -2.36. The number of anilines is 1. The first-order chi connectivity index (χ1) is 16.4. The van der Waals surface area contributed by atoms with Crippen LogP contribution in [0.25, 0.3) is 11.0 Å². The van der Waals surface area contributed by atoms with E-state index in [2.05, 4.69) is 4.90 Å². The van der Waals surface area contributed by atoms with Crippen molar-refractivity contribution in [2.24, 2.45) is 0 Å². The van der Waals surface area contributed by atoms with Gasteiger partial charge in [0.2, 0.25) is 5.95 Å². The molecule has 186 valence electrons. The zero-order valence-corrected chi connectivity index (χ0v) is 21.6. The molecule has 0 atom stereocenters. The summed E-state index contributed by atoms with van der Waals surface area (Å²) in [5.41, 5.74) is 1.86. The second kappa shape index (κ2) is 9.66. The average molecular weight is 521 g/mol. The number of rotatable bonds is 4. The second-order valence-electron chi connectivity index (χ2n) is 9.58. The number of carbonyl (C=O) groups excluding carboxylic acids is 2. The van der Waals surface area contributed by atoms with Crippen molar-refractivity contribution in [3.63, 3.8) is 0 Å². The van der Waals surface area contributed by atoms with Crippen molar-refractivity contribution in [3.05, 3.63) is 57.3 Å². The van der Waals surface area contributed by atoms with E-state index in [1.54, 1.807) is 29.2 Å². The van der Waals surface area contributed by atoms with Crippen molar-refractivity contribution in [2.45, 2.75) is 39.8 Å². The first-order valence-electron chi connectivity index (χ1n) is 11.3. The van der Waals surface area contributed by atoms with Gasteiger partial charge in [-0.15, -0.1) is 0 Å². The average Bonchev–Trinajstić information content (AvgIpc) is 3.12. The molecule has 0 spiro atoms. The highest BCUT2D eigenvalue weighted by Gasteiger charge is 2.29. The molecule has 1 amide bonds. The molecule has 1 aliphatic rings. The smallest absolute Gasteiger partial charge is 0.410 e. The molecular weight excluding hydrogens is 494 g/mol. The first-order valence-corrected chi connectivity index (χ1v) is 12.1. The highest BCUT2D eigenvalue weighted by atomic mass is 35.5. The molecule has 1 aliphatic heterocycles. The minimum Gasteiger partial charge on any atom is -0.444 e. The lowest BCUT2D eigenvalue weighted by molar-refractivity contribution is 0.0240. The standard InChI is InChI=1S/C25H27Cl2FN4O3/c1-15(33)18-12-17(26)13-21-22(18)29-23(32(21)14-16-5-6-20(28)19(27)11-16)30-7-9-31(10-8-30)24(34)35-25(2,3)4/h5-6,11-13H,7-10,14H2,1-4H3. The summed E-state index contributed by atoms with van der Waals surface area (Å²) in [6.45, 7) is 9.29. The van der Waals surface area contributed by atoms with E-state index in [0.29, 0.717) is 60.3 Å². The van der Waals surface area contributed by atoms with Gasteiger partial charge >= 0.3 is 6.09 Å². The molecule has 4 rings (SSSR count). The summed E-state index contributed by atoms with van der Waals surface area (Å²) in [6, 6.07) is 7.94. The molecular formula is C25H27Cl2FN4O3. The van der Waals surface area contributed by atoms with Crippen LogP contribution in [-0.2, 0) is 11.3 Å². The Labute approximate surface area is 213 Å². The Morgan fingerprint density at radius 2 is 1.77 bits per heavy atom. The summed E-state index contributed by atoms with van der Waals surface area (Å²) in [5, 5.41) is 0.448. The van der Waals surface area contributed by atoms with Crippen LogP contribution >= 0.6 is 23.2 Å². The van der Waals surface area contributed by atoms with E-state index in [1.165, 1.54) is 13.0 Å². The Bertz CT molecular complexity index is 1290. The summed E-state index contributed by atoms with van der Waals surface area (Å²) in [7, 11) is 0. The molecule has 1 fully saturated rings. The maximum Gasteiger partial charge on any atom is 0.410 e. The predicted molar refractivity (Wildman–Crippen MR) is 135 cm³/mol. The van der Waals surface area contributed by atoms with Gasteiger partial charge < -0.3 is 19.1 Å². The van der Waals surface area contributed by atoms with E-state index in [-0.39, 0.29) is 16.9 Å². The van der Waals surface area contributed by atoms with Gasteiger partial charge in [-0.25, -0.2) is 14.2 Å². The minimum atomic E-state index is -0.568. The number of hydrogen-bond acceptors (Lipinski definition) is 5. The molecule has 2 heterocycles. The third kappa shape index (κ3) is 5.54. The quantitative estimate of drug-likeness (QED) is 0.407. The maximum absolute atomic E-state index is 13.7. The molecule has 0 saturated carbocycles. The zero-order chi connectivity index (χ0) is 25.5. The van der Waals surface area contributed by atoms with E-state index in [4.69, 9.17) is 32.9 Å². The minimum absolute atomic E-state index is 0.0295. The van der Waals surface area contributed by atoms with Gasteiger partial charge in [0.25, 0.3) is 0 Å². The van der Waals surface area contributed by atoms with Crippen LogP contribution in [0.5, 0.6) is 0 Å². The fourth-order valence-electron chi connectivity index (χ4n) is 4.08. The molecule has 3 aromatic rings. The van der Waals surface area contributed by atoms with Gasteiger partial charge in [-0.2, -0.15) is 0 Å². The topological polar surface area (TPSA) is 67.7 Å². The number of hydrogen-bond donors (Lipinski definition) is 0. The predicted octanol–water partition coefficient (Wildman–Crippen LogP) is 5.79. The number of benzene rings is 2. The van der Waals surface area contributed by atoms with Crippen molar-refractivity contribution in [1.29, 1.82) is 0 Å².